The molecule has 1 aromatic rings. The molecule has 0 aliphatic carbocycles. The molecular weight excluding hydrogens is 226 g/mol. The maximum absolute atomic E-state index is 11.9. The maximum atomic E-state index is 11.9. The number of pyridine rings is 1. The summed E-state index contributed by atoms with van der Waals surface area (Å²) in [5.41, 5.74) is 0.918. The lowest BCUT2D eigenvalue weighted by Gasteiger charge is -2.32. The summed E-state index contributed by atoms with van der Waals surface area (Å²) in [6.07, 6.45) is 4.25. The van der Waals surface area contributed by atoms with E-state index in [1.165, 1.54) is 8.61 Å². The highest BCUT2D eigenvalue weighted by Gasteiger charge is 2.30. The first-order chi connectivity index (χ1) is 7.60. The highest BCUT2D eigenvalue weighted by atomic mass is 32.2. The summed E-state index contributed by atoms with van der Waals surface area (Å²) in [6, 6.07) is 3.70. The van der Waals surface area contributed by atoms with Crippen molar-refractivity contribution < 1.29 is 8.42 Å². The summed E-state index contributed by atoms with van der Waals surface area (Å²) in [5, 5.41) is 0. The predicted octanol–water partition coefficient (Wildman–Crippen LogP) is 0.464. The molecule has 0 unspecified atom stereocenters. The Hall–Kier alpha value is -0.980. The van der Waals surface area contributed by atoms with Crippen molar-refractivity contribution in [2.45, 2.75) is 13.0 Å². The quantitative estimate of drug-likeness (QED) is 0.756. The van der Waals surface area contributed by atoms with E-state index in [9.17, 15) is 8.42 Å². The van der Waals surface area contributed by atoms with Crippen LogP contribution in [0, 0.1) is 0 Å². The molecule has 0 spiro atoms. The zero-order valence-electron chi connectivity index (χ0n) is 9.20. The van der Waals surface area contributed by atoms with E-state index in [1.54, 1.807) is 19.4 Å². The summed E-state index contributed by atoms with van der Waals surface area (Å²) in [7, 11) is -1.65. The molecular formula is C10H15N3O2S. The molecule has 16 heavy (non-hydrogen) atoms. The van der Waals surface area contributed by atoms with Gasteiger partial charge in [0.15, 0.2) is 0 Å². The lowest BCUT2D eigenvalue weighted by Crippen LogP contribution is -2.47. The molecule has 0 bridgehead atoms. The molecule has 2 heterocycles. The second-order valence-electron chi connectivity index (χ2n) is 3.88. The van der Waals surface area contributed by atoms with Crippen LogP contribution in [-0.2, 0) is 16.8 Å². The Bertz CT molecular complexity index is 446. The van der Waals surface area contributed by atoms with E-state index >= 15 is 0 Å². The van der Waals surface area contributed by atoms with Crippen molar-refractivity contribution in [3.8, 4) is 0 Å². The largest absolute Gasteiger partial charge is 0.282 e. The smallest absolute Gasteiger partial charge is 0.264 e. The van der Waals surface area contributed by atoms with Crippen LogP contribution in [0.1, 0.15) is 12.0 Å². The van der Waals surface area contributed by atoms with Crippen LogP contribution in [0.2, 0.25) is 0 Å². The molecule has 6 heteroatoms. The van der Waals surface area contributed by atoms with Crippen LogP contribution in [-0.4, -0.2) is 42.1 Å². The lowest BCUT2D eigenvalue weighted by atomic mass is 10.3. The first-order valence-electron chi connectivity index (χ1n) is 5.21. The van der Waals surface area contributed by atoms with Gasteiger partial charge in [-0.2, -0.15) is 17.0 Å². The van der Waals surface area contributed by atoms with Crippen LogP contribution in [0.4, 0.5) is 0 Å². The van der Waals surface area contributed by atoms with Crippen molar-refractivity contribution >= 4 is 10.2 Å². The molecule has 0 radical (unpaired) electrons. The normalized spacial score (nSPS) is 22.1. The molecule has 0 amide bonds. The first kappa shape index (κ1) is 11.5. The Morgan fingerprint density at radius 2 is 2.25 bits per heavy atom. The van der Waals surface area contributed by atoms with Crippen molar-refractivity contribution in [3.05, 3.63) is 30.1 Å². The SMILES string of the molecule is CN1CCCN(Cc2cccnc2)S1(=O)=O. The van der Waals surface area contributed by atoms with Crippen molar-refractivity contribution in [2.75, 3.05) is 20.1 Å². The topological polar surface area (TPSA) is 53.5 Å². The van der Waals surface area contributed by atoms with Gasteiger partial charge in [0.1, 0.15) is 0 Å². The average Bonchev–Trinajstić information content (AvgIpc) is 2.27. The zero-order chi connectivity index (χ0) is 11.6. The Morgan fingerprint density at radius 1 is 1.44 bits per heavy atom. The minimum Gasteiger partial charge on any atom is -0.264 e. The van der Waals surface area contributed by atoms with Gasteiger partial charge in [0.25, 0.3) is 10.2 Å². The van der Waals surface area contributed by atoms with E-state index in [0.29, 0.717) is 19.6 Å². The van der Waals surface area contributed by atoms with Crippen molar-refractivity contribution in [2.24, 2.45) is 0 Å². The highest BCUT2D eigenvalue weighted by Crippen LogP contribution is 2.16. The number of aromatic nitrogens is 1. The molecule has 1 aliphatic rings. The molecule has 0 N–H and O–H groups in total. The van der Waals surface area contributed by atoms with Crippen LogP contribution in [0.3, 0.4) is 0 Å². The second kappa shape index (κ2) is 4.48. The second-order valence-corrected chi connectivity index (χ2v) is 5.91. The Morgan fingerprint density at radius 3 is 2.94 bits per heavy atom. The first-order valence-corrected chi connectivity index (χ1v) is 6.61. The third kappa shape index (κ3) is 2.23. The summed E-state index contributed by atoms with van der Waals surface area (Å²) in [4.78, 5) is 3.98. The van der Waals surface area contributed by atoms with E-state index in [4.69, 9.17) is 0 Å². The average molecular weight is 241 g/mol. The van der Waals surface area contributed by atoms with Crippen LogP contribution >= 0.6 is 0 Å². The van der Waals surface area contributed by atoms with E-state index < -0.39 is 10.2 Å². The monoisotopic (exact) mass is 241 g/mol. The lowest BCUT2D eigenvalue weighted by molar-refractivity contribution is 0.303. The van der Waals surface area contributed by atoms with E-state index in [1.807, 2.05) is 12.1 Å². The van der Waals surface area contributed by atoms with Crippen molar-refractivity contribution in [1.29, 1.82) is 0 Å². The van der Waals surface area contributed by atoms with Crippen LogP contribution in [0.15, 0.2) is 24.5 Å². The van der Waals surface area contributed by atoms with Crippen LogP contribution < -0.4 is 0 Å². The molecule has 5 nitrogen and oxygen atoms in total. The van der Waals surface area contributed by atoms with Crippen molar-refractivity contribution in [3.63, 3.8) is 0 Å². The van der Waals surface area contributed by atoms with Gasteiger partial charge in [-0.15, -0.1) is 0 Å². The predicted molar refractivity (Wildman–Crippen MR) is 60.8 cm³/mol. The maximum Gasteiger partial charge on any atom is 0.282 e. The fraction of sp³-hybridized carbons (Fsp3) is 0.500. The van der Waals surface area contributed by atoms with E-state index in [-0.39, 0.29) is 0 Å². The van der Waals surface area contributed by atoms with Crippen LogP contribution in [0.25, 0.3) is 0 Å². The molecule has 0 atom stereocenters. The van der Waals surface area contributed by atoms with E-state index in [0.717, 1.165) is 12.0 Å². The van der Waals surface area contributed by atoms with E-state index in [2.05, 4.69) is 4.98 Å². The molecule has 0 aromatic carbocycles. The van der Waals surface area contributed by atoms with Crippen LogP contribution in [0.5, 0.6) is 0 Å². The molecule has 1 fully saturated rings. The summed E-state index contributed by atoms with van der Waals surface area (Å²) >= 11 is 0. The zero-order valence-corrected chi connectivity index (χ0v) is 10.0. The standard InChI is InChI=1S/C10H15N3O2S/c1-12-6-3-7-13(16(12,14)15)9-10-4-2-5-11-8-10/h2,4-5,8H,3,6-7,9H2,1H3. The molecule has 0 saturated carbocycles. The molecule has 1 saturated heterocycles. The number of hydrogen-bond donors (Lipinski definition) is 0. The fourth-order valence-corrected chi connectivity index (χ4v) is 3.18. The molecule has 88 valence electrons. The summed E-state index contributed by atoms with van der Waals surface area (Å²) in [6.45, 7) is 1.59. The Balaban J connectivity index is 2.16. The van der Waals surface area contributed by atoms with Gasteiger partial charge >= 0.3 is 0 Å². The van der Waals surface area contributed by atoms with Gasteiger partial charge < -0.3 is 0 Å². The van der Waals surface area contributed by atoms with Gasteiger partial charge in [0.2, 0.25) is 0 Å². The highest BCUT2D eigenvalue weighted by molar-refractivity contribution is 7.86. The number of rotatable bonds is 2. The third-order valence-corrected chi connectivity index (χ3v) is 4.62. The molecule has 2 rings (SSSR count). The minimum atomic E-state index is -3.26. The van der Waals surface area contributed by atoms with Gasteiger partial charge in [-0.25, -0.2) is 0 Å². The summed E-state index contributed by atoms with van der Waals surface area (Å²) < 4.78 is 26.8. The number of hydrogen-bond acceptors (Lipinski definition) is 3. The van der Waals surface area contributed by atoms with Gasteiger partial charge in [-0.05, 0) is 18.1 Å². The number of nitrogens with zero attached hydrogens (tertiary/aromatic N) is 3. The molecule has 1 aromatic heterocycles. The Kier molecular flexibility index (Phi) is 3.22. The fourth-order valence-electron chi connectivity index (χ4n) is 1.75. The van der Waals surface area contributed by atoms with Gasteiger partial charge in [-0.3, -0.25) is 4.98 Å². The summed E-state index contributed by atoms with van der Waals surface area (Å²) in [5.74, 6) is 0. The third-order valence-electron chi connectivity index (χ3n) is 2.68. The Labute approximate surface area is 95.9 Å². The van der Waals surface area contributed by atoms with Gasteiger partial charge in [0.05, 0.1) is 0 Å². The minimum absolute atomic E-state index is 0.403. The van der Waals surface area contributed by atoms with Gasteiger partial charge in [0, 0.05) is 39.1 Å². The molecule has 1 aliphatic heterocycles. The van der Waals surface area contributed by atoms with Crippen molar-refractivity contribution in [1.82, 2.24) is 13.6 Å². The van der Waals surface area contributed by atoms with Gasteiger partial charge in [-0.1, -0.05) is 6.07 Å².